The number of phenolic OH excluding ortho intramolecular Hbond substituents is 1. The van der Waals surface area contributed by atoms with E-state index < -0.39 is 0 Å². The third-order valence-corrected chi connectivity index (χ3v) is 5.02. The summed E-state index contributed by atoms with van der Waals surface area (Å²) >= 11 is 0. The molecule has 0 aromatic heterocycles. The van der Waals surface area contributed by atoms with Crippen LogP contribution in [0, 0.1) is 0 Å². The number of likely N-dealkylation sites (N-methyl/N-ethyl adjacent to an activating group) is 1. The summed E-state index contributed by atoms with van der Waals surface area (Å²) in [6.45, 7) is 0.909. The van der Waals surface area contributed by atoms with Crippen LogP contribution in [0.2, 0.25) is 0 Å². The van der Waals surface area contributed by atoms with E-state index in [1.165, 1.54) is 22.3 Å². The maximum atomic E-state index is 10.0. The highest BCUT2D eigenvalue weighted by Crippen LogP contribution is 2.39. The van der Waals surface area contributed by atoms with E-state index in [0.717, 1.165) is 36.4 Å². The Balaban J connectivity index is 0.00000240. The Morgan fingerprint density at radius 1 is 0.862 bits per heavy atom. The second-order valence-corrected chi connectivity index (χ2v) is 7.50. The Morgan fingerprint density at radius 3 is 2.38 bits per heavy atom. The standard InChI is InChI=1S/C25H25NO2.ClH/c1-26(2)17-20-12-11-18-16-23(28-22-9-4-3-5-10-22)13-14-24(18)25(20)19-7-6-8-21(27)15-19;/h3-10,13-16,27H,11-12,17H2,1-2H3;1H. The SMILES string of the molecule is CN(C)CC1=C(c2cccc(O)c2)c2ccc(Oc3ccccc3)cc2CC1.Cl. The summed E-state index contributed by atoms with van der Waals surface area (Å²) in [6.07, 6.45) is 2.00. The summed E-state index contributed by atoms with van der Waals surface area (Å²) in [5, 5.41) is 10.0. The smallest absolute Gasteiger partial charge is 0.127 e. The molecule has 1 N–H and O–H groups in total. The molecule has 0 heterocycles. The fourth-order valence-electron chi connectivity index (χ4n) is 3.87. The van der Waals surface area contributed by atoms with Gasteiger partial charge in [-0.15, -0.1) is 12.4 Å². The number of benzene rings is 3. The Hall–Kier alpha value is -2.75. The van der Waals surface area contributed by atoms with Gasteiger partial charge < -0.3 is 14.7 Å². The van der Waals surface area contributed by atoms with Gasteiger partial charge in [-0.2, -0.15) is 0 Å². The summed E-state index contributed by atoms with van der Waals surface area (Å²) < 4.78 is 6.03. The summed E-state index contributed by atoms with van der Waals surface area (Å²) in [6, 6.07) is 23.8. The highest BCUT2D eigenvalue weighted by Gasteiger charge is 2.21. The molecule has 3 aromatic rings. The number of fused-ring (bicyclic) bond motifs is 1. The lowest BCUT2D eigenvalue weighted by molar-refractivity contribution is 0.439. The predicted octanol–water partition coefficient (Wildman–Crippen LogP) is 5.92. The number of para-hydroxylation sites is 1. The zero-order valence-corrected chi connectivity index (χ0v) is 17.6. The quantitative estimate of drug-likeness (QED) is 0.570. The van der Waals surface area contributed by atoms with E-state index in [9.17, 15) is 5.11 Å². The van der Waals surface area contributed by atoms with Crippen molar-refractivity contribution in [1.29, 1.82) is 0 Å². The number of aromatic hydroxyl groups is 1. The van der Waals surface area contributed by atoms with Gasteiger partial charge in [-0.1, -0.05) is 36.4 Å². The lowest BCUT2D eigenvalue weighted by atomic mass is 9.82. The van der Waals surface area contributed by atoms with Gasteiger partial charge in [0.15, 0.2) is 0 Å². The molecule has 29 heavy (non-hydrogen) atoms. The molecular weight excluding hydrogens is 382 g/mol. The Kier molecular flexibility index (Phi) is 6.63. The molecule has 0 saturated carbocycles. The molecule has 4 rings (SSSR count). The number of hydrogen-bond donors (Lipinski definition) is 1. The number of ether oxygens (including phenoxy) is 1. The van der Waals surface area contributed by atoms with Crippen LogP contribution < -0.4 is 4.74 Å². The van der Waals surface area contributed by atoms with Gasteiger partial charge in [0, 0.05) is 6.54 Å². The maximum Gasteiger partial charge on any atom is 0.127 e. The maximum absolute atomic E-state index is 10.0. The third-order valence-electron chi connectivity index (χ3n) is 5.02. The average molecular weight is 408 g/mol. The van der Waals surface area contributed by atoms with Crippen molar-refractivity contribution in [2.75, 3.05) is 20.6 Å². The molecule has 3 aromatic carbocycles. The van der Waals surface area contributed by atoms with E-state index in [2.05, 4.69) is 37.2 Å². The molecule has 150 valence electrons. The minimum atomic E-state index is 0. The molecule has 3 nitrogen and oxygen atoms in total. The van der Waals surface area contributed by atoms with Crippen molar-refractivity contribution in [2.24, 2.45) is 0 Å². The van der Waals surface area contributed by atoms with Crippen LogP contribution in [-0.4, -0.2) is 30.6 Å². The highest BCUT2D eigenvalue weighted by molar-refractivity contribution is 5.86. The largest absolute Gasteiger partial charge is 0.508 e. The van der Waals surface area contributed by atoms with Crippen molar-refractivity contribution in [3.63, 3.8) is 0 Å². The zero-order valence-electron chi connectivity index (χ0n) is 16.8. The number of halogens is 1. The predicted molar refractivity (Wildman–Crippen MR) is 121 cm³/mol. The summed E-state index contributed by atoms with van der Waals surface area (Å²) in [5.41, 5.74) is 6.22. The van der Waals surface area contributed by atoms with Crippen molar-refractivity contribution in [2.45, 2.75) is 12.8 Å². The molecule has 1 aliphatic carbocycles. The van der Waals surface area contributed by atoms with Crippen molar-refractivity contribution in [1.82, 2.24) is 4.90 Å². The van der Waals surface area contributed by atoms with Crippen LogP contribution in [0.25, 0.3) is 5.57 Å². The molecule has 0 saturated heterocycles. The van der Waals surface area contributed by atoms with Crippen LogP contribution in [-0.2, 0) is 6.42 Å². The van der Waals surface area contributed by atoms with E-state index in [1.807, 2.05) is 48.5 Å². The first-order chi connectivity index (χ1) is 13.6. The van der Waals surface area contributed by atoms with Gasteiger partial charge in [0.1, 0.15) is 17.2 Å². The van der Waals surface area contributed by atoms with Crippen LogP contribution >= 0.6 is 12.4 Å². The van der Waals surface area contributed by atoms with E-state index in [0.29, 0.717) is 5.75 Å². The topological polar surface area (TPSA) is 32.7 Å². The first-order valence-electron chi connectivity index (χ1n) is 9.62. The van der Waals surface area contributed by atoms with Gasteiger partial charge in [0.25, 0.3) is 0 Å². The van der Waals surface area contributed by atoms with Gasteiger partial charge in [-0.05, 0) is 91.2 Å². The van der Waals surface area contributed by atoms with E-state index >= 15 is 0 Å². The van der Waals surface area contributed by atoms with Gasteiger partial charge in [-0.25, -0.2) is 0 Å². The number of aryl methyl sites for hydroxylation is 1. The first-order valence-corrected chi connectivity index (χ1v) is 9.62. The van der Waals surface area contributed by atoms with Gasteiger partial charge >= 0.3 is 0 Å². The zero-order chi connectivity index (χ0) is 19.5. The lowest BCUT2D eigenvalue weighted by Crippen LogP contribution is -2.19. The molecule has 0 bridgehead atoms. The van der Waals surface area contributed by atoms with Crippen molar-refractivity contribution in [3.8, 4) is 17.2 Å². The van der Waals surface area contributed by atoms with Gasteiger partial charge in [-0.3, -0.25) is 0 Å². The molecule has 1 aliphatic rings. The molecule has 0 amide bonds. The third kappa shape index (κ3) is 4.81. The van der Waals surface area contributed by atoms with Gasteiger partial charge in [0.05, 0.1) is 0 Å². The minimum Gasteiger partial charge on any atom is -0.508 e. The van der Waals surface area contributed by atoms with Crippen LogP contribution in [0.3, 0.4) is 0 Å². The molecule has 4 heteroatoms. The molecule has 0 radical (unpaired) electrons. The fourth-order valence-corrected chi connectivity index (χ4v) is 3.87. The van der Waals surface area contributed by atoms with Crippen LogP contribution in [0.1, 0.15) is 23.1 Å². The highest BCUT2D eigenvalue weighted by atomic mass is 35.5. The Bertz CT molecular complexity index is 1010. The van der Waals surface area contributed by atoms with Crippen LogP contribution in [0.5, 0.6) is 17.2 Å². The molecular formula is C25H26ClNO2. The number of phenols is 1. The van der Waals surface area contributed by atoms with Gasteiger partial charge in [0.2, 0.25) is 0 Å². The Morgan fingerprint density at radius 2 is 1.66 bits per heavy atom. The van der Waals surface area contributed by atoms with Crippen molar-refractivity contribution in [3.05, 3.63) is 95.1 Å². The van der Waals surface area contributed by atoms with Crippen molar-refractivity contribution < 1.29 is 9.84 Å². The molecule has 0 atom stereocenters. The van der Waals surface area contributed by atoms with E-state index in [4.69, 9.17) is 4.74 Å². The summed E-state index contributed by atoms with van der Waals surface area (Å²) in [4.78, 5) is 2.20. The molecule has 0 aliphatic heterocycles. The second-order valence-electron chi connectivity index (χ2n) is 7.50. The second kappa shape index (κ2) is 9.17. The first kappa shape index (κ1) is 21.0. The number of nitrogens with zero attached hydrogens (tertiary/aromatic N) is 1. The van der Waals surface area contributed by atoms with Crippen LogP contribution in [0.4, 0.5) is 0 Å². The average Bonchev–Trinajstić information content (AvgIpc) is 2.68. The molecule has 0 fully saturated rings. The molecule has 0 spiro atoms. The van der Waals surface area contributed by atoms with E-state index in [-0.39, 0.29) is 12.4 Å². The minimum absolute atomic E-state index is 0. The Labute approximate surface area is 178 Å². The summed E-state index contributed by atoms with van der Waals surface area (Å²) in [7, 11) is 4.19. The molecule has 0 unspecified atom stereocenters. The fraction of sp³-hybridized carbons (Fsp3) is 0.200. The summed E-state index contributed by atoms with van der Waals surface area (Å²) in [5.74, 6) is 2.00. The normalized spacial score (nSPS) is 13.1. The number of hydrogen-bond acceptors (Lipinski definition) is 3. The van der Waals surface area contributed by atoms with Crippen LogP contribution in [0.15, 0.2) is 78.4 Å². The lowest BCUT2D eigenvalue weighted by Gasteiger charge is -2.26. The van der Waals surface area contributed by atoms with E-state index in [1.54, 1.807) is 6.07 Å². The number of rotatable bonds is 5. The monoisotopic (exact) mass is 407 g/mol. The van der Waals surface area contributed by atoms with Crippen molar-refractivity contribution >= 4 is 18.0 Å².